The number of aromatic amines is 1. The highest BCUT2D eigenvalue weighted by atomic mass is 19.3. The molecule has 2 aliphatic heterocycles. The molecule has 2 fully saturated rings. The van der Waals surface area contributed by atoms with Crippen molar-refractivity contribution in [2.75, 3.05) is 44.9 Å². The number of benzene rings is 1. The number of halogens is 2. The van der Waals surface area contributed by atoms with Gasteiger partial charge < -0.3 is 28.9 Å². The minimum atomic E-state index is -2.62. The molecule has 0 radical (unpaired) electrons. The predicted octanol–water partition coefficient (Wildman–Crippen LogP) is 5.02. The van der Waals surface area contributed by atoms with E-state index in [1.807, 2.05) is 11.0 Å². The Hall–Kier alpha value is -2.99. The summed E-state index contributed by atoms with van der Waals surface area (Å²) in [6.07, 6.45) is 1.03. The van der Waals surface area contributed by atoms with Gasteiger partial charge in [0, 0.05) is 86.7 Å². The Kier molecular flexibility index (Phi) is 9.75. The van der Waals surface area contributed by atoms with Gasteiger partial charge in [-0.25, -0.2) is 8.78 Å². The number of ether oxygens (including phenoxy) is 2. The maximum absolute atomic E-state index is 13.8. The van der Waals surface area contributed by atoms with Crippen LogP contribution in [0.3, 0.4) is 0 Å². The Morgan fingerprint density at radius 3 is 2.56 bits per heavy atom. The maximum Gasteiger partial charge on any atom is 0.256 e. The second-order valence-electron chi connectivity index (χ2n) is 11.6. The summed E-state index contributed by atoms with van der Waals surface area (Å²) >= 11 is 0. The van der Waals surface area contributed by atoms with Crippen molar-refractivity contribution >= 4 is 16.7 Å². The summed E-state index contributed by atoms with van der Waals surface area (Å²) in [5, 5.41) is 15.7. The fourth-order valence-electron chi connectivity index (χ4n) is 6.52. The van der Waals surface area contributed by atoms with Crippen molar-refractivity contribution < 1.29 is 27.8 Å². The van der Waals surface area contributed by atoms with Crippen LogP contribution < -0.4 is 20.5 Å². The first-order valence-electron chi connectivity index (χ1n) is 15.3. The van der Waals surface area contributed by atoms with Crippen LogP contribution in [0.15, 0.2) is 27.4 Å². The van der Waals surface area contributed by atoms with Gasteiger partial charge in [0.25, 0.3) is 11.5 Å². The molecule has 4 heterocycles. The van der Waals surface area contributed by atoms with E-state index in [1.54, 1.807) is 13.0 Å². The van der Waals surface area contributed by atoms with Gasteiger partial charge in [0.2, 0.25) is 0 Å². The van der Waals surface area contributed by atoms with Crippen LogP contribution in [0.25, 0.3) is 11.0 Å². The first-order chi connectivity index (χ1) is 20.6. The third kappa shape index (κ3) is 6.90. The summed E-state index contributed by atoms with van der Waals surface area (Å²) in [7, 11) is 1.52. The Morgan fingerprint density at radius 2 is 1.91 bits per heavy atom. The number of hydrogen-bond donors (Lipinski definition) is 3. The van der Waals surface area contributed by atoms with Crippen molar-refractivity contribution in [2.24, 2.45) is 0 Å². The number of furan rings is 1. The van der Waals surface area contributed by atoms with E-state index in [2.05, 4.69) is 35.1 Å². The molecule has 236 valence electrons. The molecule has 0 amide bonds. The number of nitrogens with zero attached hydrogens (tertiary/aromatic N) is 2. The minimum absolute atomic E-state index is 0.0823. The second kappa shape index (κ2) is 13.3. The SMILES string of the molecule is CCc1c(N(CC)C2CCOCC2)cc2oc(CN3CCC(F)(F)CC3)cc2c1C(O)NCc1c(OC)cc(C)[nH]c1=O. The lowest BCUT2D eigenvalue weighted by atomic mass is 9.95. The monoisotopic (exact) mass is 602 g/mol. The van der Waals surface area contributed by atoms with Crippen LogP contribution in [0.1, 0.15) is 73.9 Å². The van der Waals surface area contributed by atoms with Crippen molar-refractivity contribution in [2.45, 2.75) is 84.2 Å². The molecule has 0 bridgehead atoms. The number of fused-ring (bicyclic) bond motifs is 1. The average Bonchev–Trinajstić information content (AvgIpc) is 3.39. The third-order valence-corrected chi connectivity index (χ3v) is 8.80. The molecule has 11 heteroatoms. The number of methoxy groups -OCH3 is 1. The summed E-state index contributed by atoms with van der Waals surface area (Å²) in [6.45, 7) is 9.26. The number of nitrogens with one attached hydrogen (secondary N) is 2. The van der Waals surface area contributed by atoms with Crippen LogP contribution in [-0.2, 0) is 24.2 Å². The quantitative estimate of drug-likeness (QED) is 0.263. The summed E-state index contributed by atoms with van der Waals surface area (Å²) < 4.78 is 45.0. The van der Waals surface area contributed by atoms with Crippen LogP contribution in [0, 0.1) is 6.92 Å². The standard InChI is InChI=1S/C32H44F2N4O5/c1-5-23-26(38(6-2)21-7-13-42-14-8-21)17-28-24(16-22(43-28)19-37-11-9-32(33,34)10-12-37)29(23)31(40)35-18-25-27(41-4)15-20(3)36-30(25)39/h15-17,21,31,35,40H,5-14,18-19H2,1-4H3,(H,36,39). The van der Waals surface area contributed by atoms with Gasteiger partial charge >= 0.3 is 0 Å². The number of piperidine rings is 1. The van der Waals surface area contributed by atoms with Crippen molar-refractivity contribution in [3.63, 3.8) is 0 Å². The number of aryl methyl sites for hydroxylation is 1. The Labute approximate surface area is 251 Å². The van der Waals surface area contributed by atoms with E-state index in [0.717, 1.165) is 36.0 Å². The van der Waals surface area contributed by atoms with Gasteiger partial charge in [0.05, 0.1) is 19.2 Å². The fraction of sp³-hybridized carbons (Fsp3) is 0.594. The molecule has 3 aromatic rings. The highest BCUT2D eigenvalue weighted by molar-refractivity contribution is 5.88. The Balaban J connectivity index is 1.53. The summed E-state index contributed by atoms with van der Waals surface area (Å²) in [6, 6.07) is 6.03. The molecule has 2 aliphatic rings. The predicted molar refractivity (Wildman–Crippen MR) is 162 cm³/mol. The van der Waals surface area contributed by atoms with Gasteiger partial charge in [-0.2, -0.15) is 0 Å². The Bertz CT molecular complexity index is 1460. The molecule has 2 saturated heterocycles. The summed E-state index contributed by atoms with van der Waals surface area (Å²) in [5.41, 5.74) is 4.13. The van der Waals surface area contributed by atoms with Crippen LogP contribution in [0.4, 0.5) is 14.5 Å². The molecule has 1 unspecified atom stereocenters. The number of alkyl halides is 2. The summed E-state index contributed by atoms with van der Waals surface area (Å²) in [5.74, 6) is -1.50. The van der Waals surface area contributed by atoms with Gasteiger partial charge in [-0.1, -0.05) is 6.92 Å². The maximum atomic E-state index is 13.8. The fourth-order valence-corrected chi connectivity index (χ4v) is 6.52. The molecule has 0 aliphatic carbocycles. The van der Waals surface area contributed by atoms with E-state index in [1.165, 1.54) is 7.11 Å². The molecular weight excluding hydrogens is 558 g/mol. The summed E-state index contributed by atoms with van der Waals surface area (Å²) in [4.78, 5) is 19.9. The smallest absolute Gasteiger partial charge is 0.256 e. The van der Waals surface area contributed by atoms with E-state index in [-0.39, 0.29) is 24.9 Å². The highest BCUT2D eigenvalue weighted by Gasteiger charge is 2.34. The van der Waals surface area contributed by atoms with E-state index in [4.69, 9.17) is 13.9 Å². The molecule has 3 N–H and O–H groups in total. The topological polar surface area (TPSA) is 103 Å². The number of anilines is 1. The lowest BCUT2D eigenvalue weighted by molar-refractivity contribution is -0.0575. The van der Waals surface area contributed by atoms with Gasteiger partial charge in [0.1, 0.15) is 23.3 Å². The number of pyridine rings is 1. The second-order valence-corrected chi connectivity index (χ2v) is 11.6. The van der Waals surface area contributed by atoms with Gasteiger partial charge in [-0.05, 0) is 50.8 Å². The number of aliphatic hydroxyl groups is 1. The molecule has 0 saturated carbocycles. The molecule has 9 nitrogen and oxygen atoms in total. The minimum Gasteiger partial charge on any atom is -0.496 e. The van der Waals surface area contributed by atoms with Gasteiger partial charge in [-0.3, -0.25) is 15.0 Å². The van der Waals surface area contributed by atoms with Crippen LogP contribution >= 0.6 is 0 Å². The van der Waals surface area contributed by atoms with Crippen LogP contribution in [0.5, 0.6) is 5.75 Å². The van der Waals surface area contributed by atoms with Gasteiger partial charge in [0.15, 0.2) is 0 Å². The van der Waals surface area contributed by atoms with Crippen molar-refractivity contribution in [1.82, 2.24) is 15.2 Å². The number of rotatable bonds is 11. The lowest BCUT2D eigenvalue weighted by Crippen LogP contribution is -2.40. The largest absolute Gasteiger partial charge is 0.496 e. The van der Waals surface area contributed by atoms with Crippen molar-refractivity contribution in [3.05, 3.63) is 56.7 Å². The zero-order chi connectivity index (χ0) is 30.7. The first-order valence-corrected chi connectivity index (χ1v) is 15.3. The van der Waals surface area contributed by atoms with E-state index in [9.17, 15) is 18.7 Å². The number of hydrogen-bond acceptors (Lipinski definition) is 8. The molecular formula is C32H44F2N4O5. The lowest BCUT2D eigenvalue weighted by Gasteiger charge is -2.37. The Morgan fingerprint density at radius 1 is 1.19 bits per heavy atom. The van der Waals surface area contributed by atoms with E-state index in [0.29, 0.717) is 79.2 Å². The van der Waals surface area contributed by atoms with Gasteiger partial charge in [-0.15, -0.1) is 0 Å². The zero-order valence-electron chi connectivity index (χ0n) is 25.6. The van der Waals surface area contributed by atoms with Crippen LogP contribution in [-0.4, -0.2) is 66.9 Å². The molecule has 43 heavy (non-hydrogen) atoms. The first kappa shape index (κ1) is 31.4. The average molecular weight is 603 g/mol. The number of H-pyrrole nitrogens is 1. The van der Waals surface area contributed by atoms with Crippen LogP contribution in [0.2, 0.25) is 0 Å². The third-order valence-electron chi connectivity index (χ3n) is 8.80. The van der Waals surface area contributed by atoms with E-state index < -0.39 is 12.2 Å². The molecule has 5 rings (SSSR count). The number of aliphatic hydroxyl groups excluding tert-OH is 1. The number of likely N-dealkylation sites (tertiary alicyclic amines) is 1. The normalized spacial score (nSPS) is 18.7. The van der Waals surface area contributed by atoms with E-state index >= 15 is 0 Å². The molecule has 1 aromatic carbocycles. The number of aromatic nitrogens is 1. The molecule has 2 aromatic heterocycles. The molecule has 1 atom stereocenters. The van der Waals surface area contributed by atoms with Crippen molar-refractivity contribution in [3.8, 4) is 5.75 Å². The van der Waals surface area contributed by atoms with Crippen molar-refractivity contribution in [1.29, 1.82) is 0 Å². The zero-order valence-corrected chi connectivity index (χ0v) is 25.6. The highest BCUT2D eigenvalue weighted by Crippen LogP contribution is 2.39. The molecule has 0 spiro atoms.